The summed E-state index contributed by atoms with van der Waals surface area (Å²) in [7, 11) is 0. The highest BCUT2D eigenvalue weighted by molar-refractivity contribution is 9.10. The first kappa shape index (κ1) is 17.0. The van der Waals surface area contributed by atoms with Gasteiger partial charge in [-0.05, 0) is 60.7 Å². The van der Waals surface area contributed by atoms with Gasteiger partial charge in [0.05, 0.1) is 22.6 Å². The molecular formula is C16H23BrN2O. The predicted octanol–water partition coefficient (Wildman–Crippen LogP) is 4.05. The Labute approximate surface area is 130 Å². The van der Waals surface area contributed by atoms with Crippen LogP contribution in [0.2, 0.25) is 0 Å². The van der Waals surface area contributed by atoms with E-state index < -0.39 is 0 Å². The molecule has 0 amide bonds. The number of nitrogens with two attached hydrogens (primary N) is 1. The molecule has 0 bridgehead atoms. The Hall–Kier alpha value is -1.05. The number of para-hydroxylation sites is 1. The van der Waals surface area contributed by atoms with Crippen molar-refractivity contribution in [2.45, 2.75) is 46.1 Å². The normalized spacial score (nSPS) is 12.8. The number of hydrogen-bond acceptors (Lipinski definition) is 3. The maximum atomic E-state index is 9.02. The minimum Gasteiger partial charge on any atom is -0.492 e. The lowest BCUT2D eigenvalue weighted by Gasteiger charge is -2.19. The second kappa shape index (κ2) is 7.66. The first-order valence-electron chi connectivity index (χ1n) is 6.96. The smallest absolute Gasteiger partial charge is 0.136 e. The molecule has 0 aromatic heterocycles. The van der Waals surface area contributed by atoms with Crippen LogP contribution in [0.3, 0.4) is 0 Å². The quantitative estimate of drug-likeness (QED) is 0.815. The second-order valence-electron chi connectivity index (χ2n) is 5.69. The lowest BCUT2D eigenvalue weighted by atomic mass is 9.92. The number of nitriles is 1. The van der Waals surface area contributed by atoms with Crippen LogP contribution < -0.4 is 10.5 Å². The Morgan fingerprint density at radius 3 is 2.75 bits per heavy atom. The van der Waals surface area contributed by atoms with Crippen molar-refractivity contribution >= 4 is 15.9 Å². The van der Waals surface area contributed by atoms with Gasteiger partial charge in [-0.3, -0.25) is 0 Å². The summed E-state index contributed by atoms with van der Waals surface area (Å²) in [5.74, 6) is 0.852. The highest BCUT2D eigenvalue weighted by Crippen LogP contribution is 2.31. The summed E-state index contributed by atoms with van der Waals surface area (Å²) in [5, 5.41) is 9.02. The van der Waals surface area contributed by atoms with E-state index in [0.717, 1.165) is 28.6 Å². The van der Waals surface area contributed by atoms with Crippen molar-refractivity contribution in [2.75, 3.05) is 6.61 Å². The van der Waals surface area contributed by atoms with Gasteiger partial charge in [0.2, 0.25) is 0 Å². The molecule has 3 nitrogen and oxygen atoms in total. The van der Waals surface area contributed by atoms with Crippen LogP contribution in [0.25, 0.3) is 0 Å². The monoisotopic (exact) mass is 338 g/mol. The van der Waals surface area contributed by atoms with Crippen molar-refractivity contribution in [2.24, 2.45) is 11.1 Å². The van der Waals surface area contributed by atoms with E-state index in [2.05, 4.69) is 28.9 Å². The van der Waals surface area contributed by atoms with E-state index in [1.807, 2.05) is 32.0 Å². The van der Waals surface area contributed by atoms with Gasteiger partial charge in [-0.15, -0.1) is 0 Å². The zero-order valence-corrected chi connectivity index (χ0v) is 14.0. The SMILES string of the molecule is CCC(N)Cc1cccc(Br)c1OCCC(C)(C)C#N. The van der Waals surface area contributed by atoms with E-state index in [1.54, 1.807) is 0 Å². The fourth-order valence-electron chi connectivity index (χ4n) is 1.77. The Morgan fingerprint density at radius 1 is 1.45 bits per heavy atom. The van der Waals surface area contributed by atoms with Crippen LogP contribution in [0.5, 0.6) is 5.75 Å². The Morgan fingerprint density at radius 2 is 2.15 bits per heavy atom. The number of nitrogens with zero attached hydrogens (tertiary/aromatic N) is 1. The molecule has 1 atom stereocenters. The molecule has 0 fully saturated rings. The summed E-state index contributed by atoms with van der Waals surface area (Å²) >= 11 is 3.53. The molecule has 0 saturated carbocycles. The maximum Gasteiger partial charge on any atom is 0.136 e. The van der Waals surface area contributed by atoms with E-state index in [1.165, 1.54) is 0 Å². The van der Waals surface area contributed by atoms with Gasteiger partial charge in [-0.1, -0.05) is 19.1 Å². The van der Waals surface area contributed by atoms with Gasteiger partial charge in [0.15, 0.2) is 0 Å². The Bertz CT molecular complexity index is 480. The Kier molecular flexibility index (Phi) is 6.51. The van der Waals surface area contributed by atoms with E-state index >= 15 is 0 Å². The van der Waals surface area contributed by atoms with Crippen LogP contribution in [0.1, 0.15) is 39.2 Å². The molecule has 0 aliphatic heterocycles. The van der Waals surface area contributed by atoms with Gasteiger partial charge in [-0.25, -0.2) is 0 Å². The molecular weight excluding hydrogens is 316 g/mol. The van der Waals surface area contributed by atoms with Crippen molar-refractivity contribution in [3.05, 3.63) is 28.2 Å². The summed E-state index contributed by atoms with van der Waals surface area (Å²) in [6, 6.07) is 8.43. The minimum absolute atomic E-state index is 0.141. The van der Waals surface area contributed by atoms with E-state index in [9.17, 15) is 0 Å². The summed E-state index contributed by atoms with van der Waals surface area (Å²) in [6.45, 7) is 6.45. The number of rotatable bonds is 7. The molecule has 0 spiro atoms. The molecule has 4 heteroatoms. The minimum atomic E-state index is -0.360. The number of hydrogen-bond donors (Lipinski definition) is 1. The van der Waals surface area contributed by atoms with Crippen molar-refractivity contribution < 1.29 is 4.74 Å². The van der Waals surface area contributed by atoms with Crippen LogP contribution in [0, 0.1) is 16.7 Å². The molecule has 0 radical (unpaired) electrons. The molecule has 0 saturated heterocycles. The van der Waals surface area contributed by atoms with Crippen molar-refractivity contribution in [3.8, 4) is 11.8 Å². The molecule has 0 aliphatic carbocycles. The third kappa shape index (κ3) is 5.15. The standard InChI is InChI=1S/C16H23BrN2O/c1-4-13(19)10-12-6-5-7-14(17)15(12)20-9-8-16(2,3)11-18/h5-7,13H,4,8-10,19H2,1-3H3. The van der Waals surface area contributed by atoms with Gasteiger partial charge in [0.25, 0.3) is 0 Å². The van der Waals surface area contributed by atoms with Crippen molar-refractivity contribution in [1.29, 1.82) is 5.26 Å². The van der Waals surface area contributed by atoms with Crippen LogP contribution in [0.15, 0.2) is 22.7 Å². The summed E-state index contributed by atoms with van der Waals surface area (Å²) in [4.78, 5) is 0. The summed E-state index contributed by atoms with van der Waals surface area (Å²) in [5.41, 5.74) is 6.78. The number of halogens is 1. The zero-order valence-electron chi connectivity index (χ0n) is 12.4. The number of ether oxygens (including phenoxy) is 1. The lowest BCUT2D eigenvalue weighted by molar-refractivity contribution is 0.260. The molecule has 20 heavy (non-hydrogen) atoms. The molecule has 1 aromatic rings. The number of benzene rings is 1. The molecule has 1 unspecified atom stereocenters. The van der Waals surface area contributed by atoms with Crippen molar-refractivity contribution in [3.63, 3.8) is 0 Å². The van der Waals surface area contributed by atoms with Gasteiger partial charge < -0.3 is 10.5 Å². The molecule has 1 aromatic carbocycles. The third-order valence-electron chi connectivity index (χ3n) is 3.33. The zero-order chi connectivity index (χ0) is 15.2. The van der Waals surface area contributed by atoms with E-state index in [0.29, 0.717) is 13.0 Å². The first-order valence-corrected chi connectivity index (χ1v) is 7.76. The molecule has 1 rings (SSSR count). The topological polar surface area (TPSA) is 59.0 Å². The highest BCUT2D eigenvalue weighted by Gasteiger charge is 2.17. The fourth-order valence-corrected chi connectivity index (χ4v) is 2.29. The largest absolute Gasteiger partial charge is 0.492 e. The molecule has 0 aliphatic rings. The average Bonchev–Trinajstić information content (AvgIpc) is 2.41. The van der Waals surface area contributed by atoms with E-state index in [4.69, 9.17) is 15.7 Å². The molecule has 2 N–H and O–H groups in total. The fraction of sp³-hybridized carbons (Fsp3) is 0.562. The van der Waals surface area contributed by atoms with E-state index in [-0.39, 0.29) is 11.5 Å². The van der Waals surface area contributed by atoms with Gasteiger partial charge in [0.1, 0.15) is 5.75 Å². The summed E-state index contributed by atoms with van der Waals surface area (Å²) in [6.07, 6.45) is 2.43. The molecule has 0 heterocycles. The van der Waals surface area contributed by atoms with Gasteiger partial charge in [-0.2, -0.15) is 5.26 Å². The Balaban J connectivity index is 2.76. The predicted molar refractivity (Wildman–Crippen MR) is 85.6 cm³/mol. The van der Waals surface area contributed by atoms with Crippen LogP contribution in [-0.4, -0.2) is 12.6 Å². The second-order valence-corrected chi connectivity index (χ2v) is 6.55. The van der Waals surface area contributed by atoms with Crippen LogP contribution in [0.4, 0.5) is 0 Å². The van der Waals surface area contributed by atoms with Crippen LogP contribution in [-0.2, 0) is 6.42 Å². The van der Waals surface area contributed by atoms with Gasteiger partial charge >= 0.3 is 0 Å². The molecule has 110 valence electrons. The first-order chi connectivity index (χ1) is 9.39. The van der Waals surface area contributed by atoms with Gasteiger partial charge in [0, 0.05) is 6.04 Å². The highest BCUT2D eigenvalue weighted by atomic mass is 79.9. The lowest BCUT2D eigenvalue weighted by Crippen LogP contribution is -2.22. The average molecular weight is 339 g/mol. The van der Waals surface area contributed by atoms with Crippen molar-refractivity contribution in [1.82, 2.24) is 0 Å². The third-order valence-corrected chi connectivity index (χ3v) is 3.96. The van der Waals surface area contributed by atoms with Crippen LogP contribution >= 0.6 is 15.9 Å². The summed E-state index contributed by atoms with van der Waals surface area (Å²) < 4.78 is 6.84. The maximum absolute atomic E-state index is 9.02.